The zero-order chi connectivity index (χ0) is 15.0. The van der Waals surface area contributed by atoms with Gasteiger partial charge in [-0.3, -0.25) is 4.79 Å². The summed E-state index contributed by atoms with van der Waals surface area (Å²) in [6.45, 7) is 4.79. The van der Waals surface area contributed by atoms with E-state index in [-0.39, 0.29) is 18.1 Å². The minimum atomic E-state index is -0.270. The summed E-state index contributed by atoms with van der Waals surface area (Å²) in [5, 5.41) is 15.3. The summed E-state index contributed by atoms with van der Waals surface area (Å²) in [6.07, 6.45) is 0.617. The Balaban J connectivity index is 2.65. The Morgan fingerprint density at radius 1 is 1.45 bits per heavy atom. The van der Waals surface area contributed by atoms with E-state index in [4.69, 9.17) is 9.84 Å². The van der Waals surface area contributed by atoms with Crippen LogP contribution in [0.5, 0.6) is 0 Å². The van der Waals surface area contributed by atoms with E-state index in [1.165, 1.54) is 6.92 Å². The molecule has 1 rings (SSSR count). The highest BCUT2D eigenvalue weighted by Gasteiger charge is 2.22. The fourth-order valence-electron chi connectivity index (χ4n) is 2.05. The fourth-order valence-corrected chi connectivity index (χ4v) is 2.05. The SMILES string of the molecule is COCC(C)(CCO)NCc1cccc(NC(C)=O)c1. The van der Waals surface area contributed by atoms with Crippen LogP contribution in [0, 0.1) is 0 Å². The van der Waals surface area contributed by atoms with Crippen LogP contribution in [0.3, 0.4) is 0 Å². The molecule has 0 aliphatic rings. The average molecular weight is 280 g/mol. The highest BCUT2D eigenvalue weighted by molar-refractivity contribution is 5.88. The number of nitrogens with one attached hydrogen (secondary N) is 2. The van der Waals surface area contributed by atoms with E-state index in [2.05, 4.69) is 10.6 Å². The lowest BCUT2D eigenvalue weighted by molar-refractivity contribution is -0.114. The molecule has 0 saturated heterocycles. The van der Waals surface area contributed by atoms with Gasteiger partial charge in [0.15, 0.2) is 0 Å². The normalized spacial score (nSPS) is 13.8. The third kappa shape index (κ3) is 5.69. The zero-order valence-electron chi connectivity index (χ0n) is 12.4. The molecule has 5 nitrogen and oxygen atoms in total. The van der Waals surface area contributed by atoms with Crippen molar-refractivity contribution in [2.75, 3.05) is 25.6 Å². The van der Waals surface area contributed by atoms with Crippen molar-refractivity contribution >= 4 is 11.6 Å². The summed E-state index contributed by atoms with van der Waals surface area (Å²) >= 11 is 0. The fraction of sp³-hybridized carbons (Fsp3) is 0.533. The van der Waals surface area contributed by atoms with Crippen LogP contribution in [-0.2, 0) is 16.1 Å². The first-order valence-electron chi connectivity index (χ1n) is 6.70. The number of rotatable bonds is 8. The number of anilines is 1. The Kier molecular flexibility index (Phi) is 6.64. The Bertz CT molecular complexity index is 429. The summed E-state index contributed by atoms with van der Waals surface area (Å²) in [5.74, 6) is -0.0837. The molecule has 0 aliphatic heterocycles. The topological polar surface area (TPSA) is 70.6 Å². The van der Waals surface area contributed by atoms with Crippen LogP contribution in [0.1, 0.15) is 25.8 Å². The van der Waals surface area contributed by atoms with Gasteiger partial charge in [-0.2, -0.15) is 0 Å². The monoisotopic (exact) mass is 280 g/mol. The Morgan fingerprint density at radius 2 is 2.20 bits per heavy atom. The molecule has 0 heterocycles. The van der Waals surface area contributed by atoms with Crippen molar-refractivity contribution in [3.05, 3.63) is 29.8 Å². The standard InChI is InChI=1S/C15H24N2O3/c1-12(19)17-14-6-4-5-13(9-14)10-16-15(2,7-8-18)11-20-3/h4-6,9,16,18H,7-8,10-11H2,1-3H3,(H,17,19). The quantitative estimate of drug-likeness (QED) is 0.675. The molecule has 0 aliphatic carbocycles. The lowest BCUT2D eigenvalue weighted by atomic mass is 9.99. The van der Waals surface area contributed by atoms with Crippen molar-refractivity contribution in [1.29, 1.82) is 0 Å². The third-order valence-electron chi connectivity index (χ3n) is 3.09. The summed E-state index contributed by atoms with van der Waals surface area (Å²) in [4.78, 5) is 11.0. The number of aliphatic hydroxyl groups is 1. The molecular weight excluding hydrogens is 256 g/mol. The molecule has 0 saturated carbocycles. The minimum absolute atomic E-state index is 0.0837. The van der Waals surface area contributed by atoms with E-state index in [0.717, 1.165) is 11.3 Å². The van der Waals surface area contributed by atoms with E-state index < -0.39 is 0 Å². The number of hydrogen-bond donors (Lipinski definition) is 3. The minimum Gasteiger partial charge on any atom is -0.396 e. The third-order valence-corrected chi connectivity index (χ3v) is 3.09. The van der Waals surface area contributed by atoms with Crippen LogP contribution in [0.25, 0.3) is 0 Å². The number of benzene rings is 1. The maximum Gasteiger partial charge on any atom is 0.221 e. The first kappa shape index (κ1) is 16.6. The van der Waals surface area contributed by atoms with Crippen molar-refractivity contribution < 1.29 is 14.6 Å². The van der Waals surface area contributed by atoms with Gasteiger partial charge in [0, 0.05) is 38.4 Å². The number of hydrogen-bond acceptors (Lipinski definition) is 4. The number of ether oxygens (including phenoxy) is 1. The van der Waals surface area contributed by atoms with Gasteiger partial charge < -0.3 is 20.5 Å². The first-order chi connectivity index (χ1) is 9.49. The summed E-state index contributed by atoms with van der Waals surface area (Å²) in [5.41, 5.74) is 1.58. The molecule has 20 heavy (non-hydrogen) atoms. The number of carbonyl (C=O) groups is 1. The average Bonchev–Trinajstić information content (AvgIpc) is 2.37. The smallest absolute Gasteiger partial charge is 0.221 e. The highest BCUT2D eigenvalue weighted by Crippen LogP contribution is 2.14. The first-order valence-corrected chi connectivity index (χ1v) is 6.70. The van der Waals surface area contributed by atoms with Gasteiger partial charge in [-0.25, -0.2) is 0 Å². The predicted octanol–water partition coefficient (Wildman–Crippen LogP) is 1.52. The number of aliphatic hydroxyl groups excluding tert-OH is 1. The lowest BCUT2D eigenvalue weighted by Gasteiger charge is -2.29. The van der Waals surface area contributed by atoms with E-state index in [1.54, 1.807) is 7.11 Å². The van der Waals surface area contributed by atoms with Crippen LogP contribution >= 0.6 is 0 Å². The van der Waals surface area contributed by atoms with Gasteiger partial charge in [0.25, 0.3) is 0 Å². The van der Waals surface area contributed by atoms with Crippen molar-refractivity contribution in [3.8, 4) is 0 Å². The van der Waals surface area contributed by atoms with Gasteiger partial charge in [-0.15, -0.1) is 0 Å². The lowest BCUT2D eigenvalue weighted by Crippen LogP contribution is -2.46. The molecule has 0 aromatic heterocycles. The molecule has 0 radical (unpaired) electrons. The van der Waals surface area contributed by atoms with Crippen molar-refractivity contribution in [2.24, 2.45) is 0 Å². The highest BCUT2D eigenvalue weighted by atomic mass is 16.5. The molecule has 0 fully saturated rings. The Labute approximate surface area is 120 Å². The van der Waals surface area contributed by atoms with E-state index in [0.29, 0.717) is 19.6 Å². The van der Waals surface area contributed by atoms with E-state index in [1.807, 2.05) is 31.2 Å². The van der Waals surface area contributed by atoms with Crippen LogP contribution in [0.4, 0.5) is 5.69 Å². The Morgan fingerprint density at radius 3 is 2.80 bits per heavy atom. The van der Waals surface area contributed by atoms with Gasteiger partial charge in [0.05, 0.1) is 6.61 Å². The molecule has 1 unspecified atom stereocenters. The van der Waals surface area contributed by atoms with Crippen molar-refractivity contribution in [1.82, 2.24) is 5.32 Å². The van der Waals surface area contributed by atoms with Gasteiger partial charge in [-0.1, -0.05) is 12.1 Å². The molecular formula is C15H24N2O3. The number of methoxy groups -OCH3 is 1. The summed E-state index contributed by atoms with van der Waals surface area (Å²) in [6, 6.07) is 7.68. The zero-order valence-corrected chi connectivity index (χ0v) is 12.4. The predicted molar refractivity (Wildman–Crippen MR) is 79.6 cm³/mol. The second kappa shape index (κ2) is 7.99. The van der Waals surface area contributed by atoms with Crippen molar-refractivity contribution in [3.63, 3.8) is 0 Å². The summed E-state index contributed by atoms with van der Waals surface area (Å²) < 4.78 is 5.19. The molecule has 1 atom stereocenters. The maximum atomic E-state index is 11.0. The van der Waals surface area contributed by atoms with Gasteiger partial charge >= 0.3 is 0 Å². The molecule has 1 amide bonds. The van der Waals surface area contributed by atoms with Gasteiger partial charge in [0.2, 0.25) is 5.91 Å². The van der Waals surface area contributed by atoms with Crippen molar-refractivity contribution in [2.45, 2.75) is 32.4 Å². The molecule has 3 N–H and O–H groups in total. The van der Waals surface area contributed by atoms with Gasteiger partial charge in [-0.05, 0) is 31.0 Å². The van der Waals surface area contributed by atoms with E-state index in [9.17, 15) is 4.79 Å². The van der Waals surface area contributed by atoms with E-state index >= 15 is 0 Å². The Hall–Kier alpha value is -1.43. The largest absolute Gasteiger partial charge is 0.396 e. The van der Waals surface area contributed by atoms with Crippen LogP contribution < -0.4 is 10.6 Å². The summed E-state index contributed by atoms with van der Waals surface area (Å²) in [7, 11) is 1.65. The number of amides is 1. The molecule has 5 heteroatoms. The molecule has 1 aromatic rings. The number of carbonyl (C=O) groups excluding carboxylic acids is 1. The second-order valence-electron chi connectivity index (χ2n) is 5.20. The van der Waals surface area contributed by atoms with Crippen LogP contribution in [-0.4, -0.2) is 36.9 Å². The molecule has 112 valence electrons. The maximum absolute atomic E-state index is 11.0. The van der Waals surface area contributed by atoms with Crippen LogP contribution in [0.2, 0.25) is 0 Å². The second-order valence-corrected chi connectivity index (χ2v) is 5.20. The van der Waals surface area contributed by atoms with Crippen LogP contribution in [0.15, 0.2) is 24.3 Å². The van der Waals surface area contributed by atoms with Gasteiger partial charge in [0.1, 0.15) is 0 Å². The molecule has 0 spiro atoms. The molecule has 0 bridgehead atoms. The molecule has 1 aromatic carbocycles.